The number of aliphatic hydroxyl groups excluding tert-OH is 1. The number of hydrogen-bond donors (Lipinski definition) is 1. The first kappa shape index (κ1) is 14.1. The predicted molar refractivity (Wildman–Crippen MR) is 74.2 cm³/mol. The highest BCUT2D eigenvalue weighted by atomic mass is 16.3. The number of rotatable bonds is 3. The fourth-order valence-corrected chi connectivity index (χ4v) is 2.71. The van der Waals surface area contributed by atoms with Crippen LogP contribution in [0.1, 0.15) is 22.6 Å². The summed E-state index contributed by atoms with van der Waals surface area (Å²) < 4.78 is 1.90. The van der Waals surface area contributed by atoms with Crippen molar-refractivity contribution in [2.45, 2.75) is 25.5 Å². The van der Waals surface area contributed by atoms with Gasteiger partial charge in [0.05, 0.1) is 6.10 Å². The maximum atomic E-state index is 12.6. The summed E-state index contributed by atoms with van der Waals surface area (Å²) in [5.41, 5.74) is 1.75. The number of aryl methyl sites for hydroxylation is 1. The highest BCUT2D eigenvalue weighted by Gasteiger charge is 2.35. The Kier molecular flexibility index (Phi) is 3.96. The van der Waals surface area contributed by atoms with Gasteiger partial charge in [-0.3, -0.25) is 4.79 Å². The van der Waals surface area contributed by atoms with Crippen molar-refractivity contribution in [1.29, 1.82) is 0 Å². The molecule has 5 nitrogen and oxygen atoms in total. The summed E-state index contributed by atoms with van der Waals surface area (Å²) in [5.74, 6) is 0.0130. The molecule has 0 saturated carbocycles. The lowest BCUT2D eigenvalue weighted by Crippen LogP contribution is -2.42. The molecule has 0 spiro atoms. The van der Waals surface area contributed by atoms with Crippen molar-refractivity contribution in [2.75, 3.05) is 27.2 Å². The summed E-state index contributed by atoms with van der Waals surface area (Å²) in [7, 11) is 5.87. The third-order valence-corrected chi connectivity index (χ3v) is 3.82. The van der Waals surface area contributed by atoms with Crippen molar-refractivity contribution in [2.24, 2.45) is 7.05 Å². The van der Waals surface area contributed by atoms with Gasteiger partial charge in [-0.1, -0.05) is 0 Å². The zero-order valence-electron chi connectivity index (χ0n) is 12.1. The van der Waals surface area contributed by atoms with Gasteiger partial charge in [0, 0.05) is 31.9 Å². The molecule has 2 heterocycles. The molecule has 0 aromatic carbocycles. The smallest absolute Gasteiger partial charge is 0.270 e. The van der Waals surface area contributed by atoms with E-state index >= 15 is 0 Å². The molecule has 1 aromatic rings. The molecule has 1 amide bonds. The molecule has 0 bridgehead atoms. The van der Waals surface area contributed by atoms with Crippen LogP contribution in [0.15, 0.2) is 12.1 Å². The Hall–Kier alpha value is -1.33. The van der Waals surface area contributed by atoms with Crippen molar-refractivity contribution < 1.29 is 9.90 Å². The molecule has 106 valence electrons. The van der Waals surface area contributed by atoms with Crippen LogP contribution in [0.2, 0.25) is 0 Å². The molecule has 0 aliphatic carbocycles. The Balaban J connectivity index is 2.19. The van der Waals surface area contributed by atoms with E-state index in [1.54, 1.807) is 4.90 Å². The Bertz CT molecular complexity index is 467. The highest BCUT2D eigenvalue weighted by molar-refractivity contribution is 5.93. The van der Waals surface area contributed by atoms with Gasteiger partial charge in [0.2, 0.25) is 0 Å². The number of amides is 1. The monoisotopic (exact) mass is 265 g/mol. The van der Waals surface area contributed by atoms with Gasteiger partial charge in [0.1, 0.15) is 5.69 Å². The van der Waals surface area contributed by atoms with E-state index in [9.17, 15) is 9.90 Å². The van der Waals surface area contributed by atoms with E-state index in [2.05, 4.69) is 4.90 Å². The van der Waals surface area contributed by atoms with Gasteiger partial charge in [-0.05, 0) is 39.6 Å². The van der Waals surface area contributed by atoms with Gasteiger partial charge in [-0.15, -0.1) is 0 Å². The highest BCUT2D eigenvalue weighted by Crippen LogP contribution is 2.21. The lowest BCUT2D eigenvalue weighted by Gasteiger charge is -2.27. The van der Waals surface area contributed by atoms with E-state index in [0.29, 0.717) is 18.7 Å². The molecule has 1 aromatic heterocycles. The minimum Gasteiger partial charge on any atom is -0.391 e. The number of nitrogens with zero attached hydrogens (tertiary/aromatic N) is 3. The summed E-state index contributed by atoms with van der Waals surface area (Å²) in [6.07, 6.45) is 0.253. The SMILES string of the molecule is Cc1ccc(C(=O)N2CC(O)CC2CN(C)C)n1C. The van der Waals surface area contributed by atoms with Gasteiger partial charge in [-0.25, -0.2) is 0 Å². The molecule has 1 aliphatic rings. The molecule has 5 heteroatoms. The average molecular weight is 265 g/mol. The van der Waals surface area contributed by atoms with Crippen LogP contribution in [0.25, 0.3) is 0 Å². The minimum atomic E-state index is -0.407. The number of carbonyl (C=O) groups excluding carboxylic acids is 1. The molecule has 19 heavy (non-hydrogen) atoms. The van der Waals surface area contributed by atoms with Gasteiger partial charge in [0.15, 0.2) is 0 Å². The van der Waals surface area contributed by atoms with Crippen LogP contribution in [0, 0.1) is 6.92 Å². The van der Waals surface area contributed by atoms with Crippen LogP contribution in [0.3, 0.4) is 0 Å². The summed E-state index contributed by atoms with van der Waals surface area (Å²) in [6.45, 7) is 3.20. The third kappa shape index (κ3) is 2.82. The molecule has 1 aliphatic heterocycles. The van der Waals surface area contributed by atoms with Crippen LogP contribution in [0.5, 0.6) is 0 Å². The number of hydrogen-bond acceptors (Lipinski definition) is 3. The molecule has 1 saturated heterocycles. The van der Waals surface area contributed by atoms with E-state index in [4.69, 9.17) is 0 Å². The summed E-state index contributed by atoms with van der Waals surface area (Å²) in [6, 6.07) is 3.89. The third-order valence-electron chi connectivity index (χ3n) is 3.82. The normalized spacial score (nSPS) is 23.4. The van der Waals surface area contributed by atoms with E-state index in [1.807, 2.05) is 44.8 Å². The lowest BCUT2D eigenvalue weighted by molar-refractivity contribution is 0.0689. The molecule has 0 radical (unpaired) electrons. The summed E-state index contributed by atoms with van der Waals surface area (Å²) in [5, 5.41) is 9.83. The van der Waals surface area contributed by atoms with Crippen molar-refractivity contribution in [3.63, 3.8) is 0 Å². The minimum absolute atomic E-state index is 0.0130. The van der Waals surface area contributed by atoms with Crippen molar-refractivity contribution in [3.05, 3.63) is 23.5 Å². The Morgan fingerprint density at radius 3 is 2.68 bits per heavy atom. The van der Waals surface area contributed by atoms with Gasteiger partial charge in [0.25, 0.3) is 5.91 Å². The first-order valence-corrected chi connectivity index (χ1v) is 6.66. The van der Waals surface area contributed by atoms with Crippen LogP contribution in [-0.2, 0) is 7.05 Å². The number of carbonyl (C=O) groups is 1. The second kappa shape index (κ2) is 5.35. The maximum Gasteiger partial charge on any atom is 0.270 e. The first-order chi connectivity index (χ1) is 8.90. The number of aromatic nitrogens is 1. The zero-order valence-corrected chi connectivity index (χ0v) is 12.1. The van der Waals surface area contributed by atoms with E-state index in [1.165, 1.54) is 0 Å². The molecule has 2 unspecified atom stereocenters. The Morgan fingerprint density at radius 1 is 1.47 bits per heavy atom. The Morgan fingerprint density at radius 2 is 2.16 bits per heavy atom. The maximum absolute atomic E-state index is 12.6. The molecule has 1 fully saturated rings. The Labute approximate surface area is 114 Å². The number of likely N-dealkylation sites (N-methyl/N-ethyl adjacent to an activating group) is 1. The molecule has 1 N–H and O–H groups in total. The second-order valence-corrected chi connectivity index (χ2v) is 5.68. The summed E-state index contributed by atoms with van der Waals surface area (Å²) >= 11 is 0. The van der Waals surface area contributed by atoms with E-state index in [0.717, 1.165) is 12.2 Å². The predicted octanol–water partition coefficient (Wildman–Crippen LogP) is 0.471. The molecule has 2 rings (SSSR count). The van der Waals surface area contributed by atoms with Crippen LogP contribution in [0.4, 0.5) is 0 Å². The first-order valence-electron chi connectivity index (χ1n) is 6.66. The number of aliphatic hydroxyl groups is 1. The fraction of sp³-hybridized carbons (Fsp3) is 0.643. The molecule has 2 atom stereocenters. The average Bonchev–Trinajstić information content (AvgIpc) is 2.83. The van der Waals surface area contributed by atoms with Crippen LogP contribution < -0.4 is 0 Å². The number of β-amino-alcohol motifs (C(OH)–C–C–N with tert-alkyl or cyclic N) is 1. The lowest BCUT2D eigenvalue weighted by atomic mass is 10.2. The van der Waals surface area contributed by atoms with Crippen molar-refractivity contribution in [1.82, 2.24) is 14.4 Å². The van der Waals surface area contributed by atoms with Gasteiger partial charge < -0.3 is 19.5 Å². The number of likely N-dealkylation sites (tertiary alicyclic amines) is 1. The quantitative estimate of drug-likeness (QED) is 0.864. The van der Waals surface area contributed by atoms with E-state index < -0.39 is 6.10 Å². The van der Waals surface area contributed by atoms with E-state index in [-0.39, 0.29) is 11.9 Å². The molecular weight excluding hydrogens is 242 g/mol. The van der Waals surface area contributed by atoms with Crippen LogP contribution >= 0.6 is 0 Å². The zero-order chi connectivity index (χ0) is 14.2. The second-order valence-electron chi connectivity index (χ2n) is 5.68. The standard InChI is InChI=1S/C14H23N3O2/c1-10-5-6-13(16(10)4)14(19)17-9-12(18)7-11(17)8-15(2)3/h5-6,11-12,18H,7-9H2,1-4H3. The van der Waals surface area contributed by atoms with Crippen molar-refractivity contribution >= 4 is 5.91 Å². The van der Waals surface area contributed by atoms with Crippen molar-refractivity contribution in [3.8, 4) is 0 Å². The van der Waals surface area contributed by atoms with Gasteiger partial charge >= 0.3 is 0 Å². The summed E-state index contributed by atoms with van der Waals surface area (Å²) in [4.78, 5) is 16.5. The molecular formula is C14H23N3O2. The fourth-order valence-electron chi connectivity index (χ4n) is 2.71. The largest absolute Gasteiger partial charge is 0.391 e. The van der Waals surface area contributed by atoms with Gasteiger partial charge in [-0.2, -0.15) is 0 Å². The van der Waals surface area contributed by atoms with Crippen LogP contribution in [-0.4, -0.2) is 64.7 Å². The topological polar surface area (TPSA) is 48.7 Å².